The van der Waals surface area contributed by atoms with E-state index in [1.54, 1.807) is 19.1 Å². The quantitative estimate of drug-likeness (QED) is 0.468. The summed E-state index contributed by atoms with van der Waals surface area (Å²) in [5.41, 5.74) is 1.42. The first-order valence-electron chi connectivity index (χ1n) is 11.0. The number of carbonyl (C=O) groups excluding carboxylic acids is 1. The predicted molar refractivity (Wildman–Crippen MR) is 122 cm³/mol. The Morgan fingerprint density at radius 2 is 1.60 bits per heavy atom. The summed E-state index contributed by atoms with van der Waals surface area (Å²) >= 11 is 0. The number of esters is 1. The fourth-order valence-corrected chi connectivity index (χ4v) is 5.95. The highest BCUT2D eigenvalue weighted by Gasteiger charge is 2.57. The molecule has 2 aromatic carbocycles. The molecule has 2 aromatic rings. The molecule has 158 valence electrons. The molecule has 4 aliphatic rings. The lowest BCUT2D eigenvalue weighted by Crippen LogP contribution is -2.58. The Labute approximate surface area is 179 Å². The molecule has 0 atom stereocenters. The minimum atomic E-state index is -0.205. The van der Waals surface area contributed by atoms with Gasteiger partial charge >= 0.3 is 5.97 Å². The number of aromatic hydroxyl groups is 1. The van der Waals surface area contributed by atoms with Crippen LogP contribution in [0.2, 0.25) is 0 Å². The van der Waals surface area contributed by atoms with Crippen LogP contribution >= 0.6 is 0 Å². The summed E-state index contributed by atoms with van der Waals surface area (Å²) in [7, 11) is 0. The Balaban J connectivity index is 0.000000151. The van der Waals surface area contributed by atoms with Crippen LogP contribution in [0.1, 0.15) is 51.5 Å². The molecule has 1 N–H and O–H groups in total. The third-order valence-corrected chi connectivity index (χ3v) is 7.50. The number of phenolic OH excluding ortho intramolecular Hbond substituents is 1. The van der Waals surface area contributed by atoms with E-state index in [0.29, 0.717) is 23.2 Å². The highest BCUT2D eigenvalue weighted by molar-refractivity contribution is 5.87. The van der Waals surface area contributed by atoms with Crippen molar-refractivity contribution >= 4 is 22.8 Å². The number of carbonyl (C=O) groups is 1. The second-order valence-corrected chi connectivity index (χ2v) is 9.65. The van der Waals surface area contributed by atoms with Crippen LogP contribution < -0.4 is 0 Å². The SMILES string of the molecule is C=C(C)C(=O)OC1(C)C2CC3CC(C2)CC1C3.C=Cc1ccc2cc(O)ccc2c1. The van der Waals surface area contributed by atoms with Crippen LogP contribution in [0.5, 0.6) is 5.75 Å². The van der Waals surface area contributed by atoms with Gasteiger partial charge in [-0.3, -0.25) is 0 Å². The maximum absolute atomic E-state index is 11.8. The predicted octanol–water partition coefficient (Wildman–Crippen LogP) is 6.51. The number of rotatable bonds is 3. The third-order valence-electron chi connectivity index (χ3n) is 7.50. The molecule has 0 unspecified atom stereocenters. The highest BCUT2D eigenvalue weighted by Crippen LogP contribution is 2.59. The number of ether oxygens (including phenoxy) is 1. The van der Waals surface area contributed by atoms with Crippen LogP contribution in [0.15, 0.2) is 55.1 Å². The van der Waals surface area contributed by atoms with E-state index < -0.39 is 0 Å². The van der Waals surface area contributed by atoms with Crippen molar-refractivity contribution in [1.82, 2.24) is 0 Å². The molecule has 3 nitrogen and oxygen atoms in total. The van der Waals surface area contributed by atoms with Crippen LogP contribution in [0.25, 0.3) is 16.8 Å². The van der Waals surface area contributed by atoms with Crippen molar-refractivity contribution in [3.05, 3.63) is 60.7 Å². The van der Waals surface area contributed by atoms with Crippen molar-refractivity contribution in [2.75, 3.05) is 0 Å². The smallest absolute Gasteiger partial charge is 0.333 e. The second-order valence-electron chi connectivity index (χ2n) is 9.65. The summed E-state index contributed by atoms with van der Waals surface area (Å²) in [4.78, 5) is 11.8. The molecule has 0 radical (unpaired) electrons. The Morgan fingerprint density at radius 3 is 2.17 bits per heavy atom. The molecule has 4 saturated carbocycles. The van der Waals surface area contributed by atoms with E-state index in [4.69, 9.17) is 4.74 Å². The van der Waals surface area contributed by atoms with Crippen molar-refractivity contribution in [2.45, 2.75) is 51.6 Å². The van der Waals surface area contributed by atoms with E-state index in [1.165, 1.54) is 32.1 Å². The lowest BCUT2D eigenvalue weighted by atomic mass is 9.50. The van der Waals surface area contributed by atoms with Gasteiger partial charge in [-0.25, -0.2) is 4.79 Å². The zero-order valence-electron chi connectivity index (χ0n) is 18.1. The average Bonchev–Trinajstić information content (AvgIpc) is 2.71. The summed E-state index contributed by atoms with van der Waals surface area (Å²) in [5, 5.41) is 11.4. The van der Waals surface area contributed by atoms with E-state index in [-0.39, 0.29) is 11.6 Å². The first kappa shape index (κ1) is 20.7. The number of phenols is 1. The molecule has 0 heterocycles. The normalized spacial score (nSPS) is 31.0. The molecule has 0 aromatic heterocycles. The van der Waals surface area contributed by atoms with Gasteiger partial charge in [0.25, 0.3) is 0 Å². The number of hydrogen-bond acceptors (Lipinski definition) is 3. The van der Waals surface area contributed by atoms with Gasteiger partial charge in [0.05, 0.1) is 0 Å². The molecular formula is C27H32O3. The maximum atomic E-state index is 11.8. The first-order valence-corrected chi connectivity index (χ1v) is 11.0. The Morgan fingerprint density at radius 1 is 1.03 bits per heavy atom. The van der Waals surface area contributed by atoms with Gasteiger partial charge in [0.2, 0.25) is 0 Å². The molecule has 4 fully saturated rings. The Hall–Kier alpha value is -2.55. The van der Waals surface area contributed by atoms with Crippen molar-refractivity contribution in [3.63, 3.8) is 0 Å². The lowest BCUT2D eigenvalue weighted by molar-refractivity contribution is -0.199. The molecule has 3 heteroatoms. The van der Waals surface area contributed by atoms with E-state index in [1.807, 2.05) is 30.3 Å². The topological polar surface area (TPSA) is 46.5 Å². The molecule has 0 spiro atoms. The summed E-state index contributed by atoms with van der Waals surface area (Å²) in [5.74, 6) is 3.13. The largest absolute Gasteiger partial charge is 0.508 e. The van der Waals surface area contributed by atoms with E-state index in [9.17, 15) is 9.90 Å². The van der Waals surface area contributed by atoms with Gasteiger partial charge in [0.1, 0.15) is 11.4 Å². The Kier molecular flexibility index (Phi) is 5.48. The van der Waals surface area contributed by atoms with Crippen molar-refractivity contribution in [2.24, 2.45) is 23.7 Å². The molecule has 4 bridgehead atoms. The molecule has 6 rings (SSSR count). The van der Waals surface area contributed by atoms with Gasteiger partial charge < -0.3 is 9.84 Å². The minimum Gasteiger partial charge on any atom is -0.508 e. The fourth-order valence-electron chi connectivity index (χ4n) is 5.95. The fraction of sp³-hybridized carbons (Fsp3) is 0.444. The van der Waals surface area contributed by atoms with Crippen molar-refractivity contribution in [3.8, 4) is 5.75 Å². The minimum absolute atomic E-state index is 0.194. The van der Waals surface area contributed by atoms with Crippen LogP contribution in [0.4, 0.5) is 0 Å². The summed E-state index contributed by atoms with van der Waals surface area (Å²) in [6, 6.07) is 11.3. The number of benzene rings is 2. The number of hydrogen-bond donors (Lipinski definition) is 1. The monoisotopic (exact) mass is 404 g/mol. The van der Waals surface area contributed by atoms with Gasteiger partial charge in [-0.2, -0.15) is 0 Å². The molecule has 30 heavy (non-hydrogen) atoms. The molecule has 4 aliphatic carbocycles. The van der Waals surface area contributed by atoms with Crippen LogP contribution in [0, 0.1) is 23.7 Å². The van der Waals surface area contributed by atoms with E-state index in [0.717, 1.165) is 28.2 Å². The van der Waals surface area contributed by atoms with Crippen LogP contribution in [0.3, 0.4) is 0 Å². The van der Waals surface area contributed by atoms with Crippen LogP contribution in [-0.2, 0) is 9.53 Å². The van der Waals surface area contributed by atoms with Gasteiger partial charge in [-0.15, -0.1) is 0 Å². The average molecular weight is 405 g/mol. The number of fused-ring (bicyclic) bond motifs is 1. The highest BCUT2D eigenvalue weighted by atomic mass is 16.6. The van der Waals surface area contributed by atoms with Gasteiger partial charge in [0, 0.05) is 5.57 Å². The molecule has 0 aliphatic heterocycles. The molecule has 0 amide bonds. The standard InChI is InChI=1S/C15H22O2.C12H10O/c1-9(2)14(16)17-15(3)12-5-10-4-11(7-12)8-13(15)6-10;1-2-9-3-4-11-8-12(13)6-5-10(11)7-9/h10-13H,1,4-8H2,2-3H3;2-8,13H,1H2. The Bertz CT molecular complexity index is 959. The van der Waals surface area contributed by atoms with Crippen LogP contribution in [-0.4, -0.2) is 16.7 Å². The third kappa shape index (κ3) is 3.90. The molecule has 0 saturated heterocycles. The second kappa shape index (κ2) is 7.94. The first-order chi connectivity index (χ1) is 14.3. The van der Waals surface area contributed by atoms with Gasteiger partial charge in [0.15, 0.2) is 0 Å². The zero-order valence-corrected chi connectivity index (χ0v) is 18.1. The van der Waals surface area contributed by atoms with Crippen molar-refractivity contribution < 1.29 is 14.6 Å². The summed E-state index contributed by atoms with van der Waals surface area (Å²) in [6.45, 7) is 11.3. The summed E-state index contributed by atoms with van der Waals surface area (Å²) in [6.07, 6.45) is 8.32. The zero-order chi connectivity index (χ0) is 21.5. The van der Waals surface area contributed by atoms with Gasteiger partial charge in [-0.1, -0.05) is 37.4 Å². The lowest BCUT2D eigenvalue weighted by Gasteiger charge is -2.59. The van der Waals surface area contributed by atoms with E-state index in [2.05, 4.69) is 20.1 Å². The molecular weight excluding hydrogens is 372 g/mol. The maximum Gasteiger partial charge on any atom is 0.333 e. The van der Waals surface area contributed by atoms with Crippen molar-refractivity contribution in [1.29, 1.82) is 0 Å². The summed E-state index contributed by atoms with van der Waals surface area (Å²) < 4.78 is 5.84. The van der Waals surface area contributed by atoms with E-state index >= 15 is 0 Å². The van der Waals surface area contributed by atoms with Gasteiger partial charge in [-0.05, 0) is 104 Å².